The van der Waals surface area contributed by atoms with Gasteiger partial charge in [0.25, 0.3) is 0 Å². The first-order valence-corrected chi connectivity index (χ1v) is 7.57. The number of carbonyl (C=O) groups is 1. The summed E-state index contributed by atoms with van der Waals surface area (Å²) in [7, 11) is 1.37. The molecule has 0 radical (unpaired) electrons. The van der Waals surface area contributed by atoms with Gasteiger partial charge in [-0.05, 0) is 55.5 Å². The molecule has 1 aromatic rings. The van der Waals surface area contributed by atoms with Crippen LogP contribution in [0.5, 0.6) is 0 Å². The number of hydrazine groups is 1. The average Bonchev–Trinajstić information content (AvgIpc) is 2.49. The zero-order valence-corrected chi connectivity index (χ0v) is 14.2. The molecule has 0 fully saturated rings. The number of rotatable bonds is 5. The minimum Gasteiger partial charge on any atom is -0.469 e. The fraction of sp³-hybridized carbons (Fsp3) is 0.357. The van der Waals surface area contributed by atoms with E-state index in [1.54, 1.807) is 0 Å². The van der Waals surface area contributed by atoms with Crippen LogP contribution in [0.4, 0.5) is 5.69 Å². The molecule has 0 heterocycles. The first kappa shape index (κ1) is 18.1. The molecule has 0 aliphatic carbocycles. The topological polar surface area (TPSA) is 74.4 Å². The maximum atomic E-state index is 10.9. The van der Waals surface area contributed by atoms with Gasteiger partial charge in [-0.25, -0.2) is 0 Å². The normalized spacial score (nSPS) is 9.55. The predicted molar refractivity (Wildman–Crippen MR) is 95.5 cm³/mol. The van der Waals surface area contributed by atoms with Crippen LogP contribution in [0.15, 0.2) is 24.3 Å². The molecule has 0 aliphatic heterocycles. The van der Waals surface area contributed by atoms with E-state index in [2.05, 4.69) is 26.2 Å². The number of hydrogen-bond acceptors (Lipinski definition) is 4. The fourth-order valence-electron chi connectivity index (χ4n) is 1.58. The van der Waals surface area contributed by atoms with Gasteiger partial charge in [-0.3, -0.25) is 15.6 Å². The molecule has 0 unspecified atom stereocenters. The lowest BCUT2D eigenvalue weighted by molar-refractivity contribution is -0.140. The summed E-state index contributed by atoms with van der Waals surface area (Å²) in [5.41, 5.74) is 7.60. The van der Waals surface area contributed by atoms with E-state index >= 15 is 0 Å². The molecule has 4 N–H and O–H groups in total. The number of esters is 1. The first-order chi connectivity index (χ1) is 10.5. The zero-order chi connectivity index (χ0) is 16.4. The van der Waals surface area contributed by atoms with Crippen LogP contribution in [0, 0.1) is 6.92 Å². The van der Waals surface area contributed by atoms with Crippen molar-refractivity contribution in [2.75, 3.05) is 19.0 Å². The SMILES string of the molecule is COC(=O)CCCNC(=S)NNC(=S)Nc1cccc(C)c1. The van der Waals surface area contributed by atoms with Crippen LogP contribution in [-0.2, 0) is 9.53 Å². The Balaban J connectivity index is 2.18. The highest BCUT2D eigenvalue weighted by molar-refractivity contribution is 7.80. The highest BCUT2D eigenvalue weighted by Crippen LogP contribution is 2.08. The molecule has 0 aliphatic rings. The third-order valence-corrected chi connectivity index (χ3v) is 3.09. The zero-order valence-electron chi connectivity index (χ0n) is 12.6. The fourth-order valence-corrected chi connectivity index (χ4v) is 1.90. The third-order valence-electron chi connectivity index (χ3n) is 2.64. The van der Waals surface area contributed by atoms with Crippen molar-refractivity contribution in [2.24, 2.45) is 0 Å². The molecule has 1 rings (SSSR count). The predicted octanol–water partition coefficient (Wildman–Crippen LogP) is 1.61. The van der Waals surface area contributed by atoms with Gasteiger partial charge in [0, 0.05) is 18.7 Å². The average molecular weight is 340 g/mol. The number of methoxy groups -OCH3 is 1. The van der Waals surface area contributed by atoms with E-state index in [1.165, 1.54) is 7.11 Å². The lowest BCUT2D eigenvalue weighted by Crippen LogP contribution is -2.48. The Hall–Kier alpha value is -1.93. The first-order valence-electron chi connectivity index (χ1n) is 6.75. The van der Waals surface area contributed by atoms with Crippen molar-refractivity contribution in [3.05, 3.63) is 29.8 Å². The Morgan fingerprint density at radius 3 is 2.64 bits per heavy atom. The van der Waals surface area contributed by atoms with Crippen molar-refractivity contribution in [2.45, 2.75) is 19.8 Å². The minimum atomic E-state index is -0.234. The van der Waals surface area contributed by atoms with Gasteiger partial charge in [0.15, 0.2) is 10.2 Å². The van der Waals surface area contributed by atoms with Crippen LogP contribution in [0.1, 0.15) is 18.4 Å². The van der Waals surface area contributed by atoms with Crippen LogP contribution >= 0.6 is 24.4 Å². The summed E-state index contributed by atoms with van der Waals surface area (Å²) in [5.74, 6) is -0.234. The van der Waals surface area contributed by atoms with E-state index < -0.39 is 0 Å². The van der Waals surface area contributed by atoms with Gasteiger partial charge >= 0.3 is 5.97 Å². The second-order valence-corrected chi connectivity index (χ2v) is 5.33. The Labute approximate surface area is 141 Å². The van der Waals surface area contributed by atoms with Crippen molar-refractivity contribution in [1.29, 1.82) is 0 Å². The highest BCUT2D eigenvalue weighted by Gasteiger charge is 2.01. The van der Waals surface area contributed by atoms with Gasteiger partial charge in [0.1, 0.15) is 0 Å². The summed E-state index contributed by atoms with van der Waals surface area (Å²) in [6.07, 6.45) is 0.993. The van der Waals surface area contributed by atoms with E-state index in [4.69, 9.17) is 24.4 Å². The van der Waals surface area contributed by atoms with Gasteiger partial charge in [-0.2, -0.15) is 0 Å². The van der Waals surface area contributed by atoms with Gasteiger partial charge < -0.3 is 15.4 Å². The molecule has 0 amide bonds. The summed E-state index contributed by atoms with van der Waals surface area (Å²) in [5, 5.41) is 6.80. The Bertz CT molecular complexity index is 537. The monoisotopic (exact) mass is 340 g/mol. The molecule has 0 aromatic heterocycles. The number of thiocarbonyl (C=S) groups is 2. The maximum Gasteiger partial charge on any atom is 0.305 e. The van der Waals surface area contributed by atoms with E-state index in [-0.39, 0.29) is 5.97 Å². The summed E-state index contributed by atoms with van der Waals surface area (Å²) >= 11 is 10.2. The summed E-state index contributed by atoms with van der Waals surface area (Å²) < 4.78 is 4.55. The molecule has 0 bridgehead atoms. The number of nitrogens with one attached hydrogen (secondary N) is 4. The van der Waals surface area contributed by atoms with Crippen LogP contribution < -0.4 is 21.5 Å². The number of ether oxygens (including phenoxy) is 1. The van der Waals surface area contributed by atoms with Gasteiger partial charge in [0.2, 0.25) is 0 Å². The molecular formula is C14H20N4O2S2. The lowest BCUT2D eigenvalue weighted by atomic mass is 10.2. The number of hydrogen-bond donors (Lipinski definition) is 4. The van der Waals surface area contributed by atoms with E-state index in [0.29, 0.717) is 29.6 Å². The van der Waals surface area contributed by atoms with Crippen LogP contribution in [0.25, 0.3) is 0 Å². The summed E-state index contributed by atoms with van der Waals surface area (Å²) in [6.45, 7) is 2.58. The standard InChI is InChI=1S/C14H20N4O2S2/c1-10-5-3-6-11(9-10)16-14(22)18-17-13(21)15-8-4-7-12(19)20-2/h3,5-6,9H,4,7-8H2,1-2H3,(H2,15,17,21)(H2,16,18,22). The summed E-state index contributed by atoms with van der Waals surface area (Å²) in [6, 6.07) is 7.86. The second-order valence-electron chi connectivity index (χ2n) is 4.51. The molecule has 0 saturated carbocycles. The molecule has 0 spiro atoms. The van der Waals surface area contributed by atoms with Crippen LogP contribution in [0.2, 0.25) is 0 Å². The number of aryl methyl sites for hydroxylation is 1. The smallest absolute Gasteiger partial charge is 0.305 e. The quantitative estimate of drug-likeness (QED) is 0.279. The van der Waals surface area contributed by atoms with Gasteiger partial charge in [-0.1, -0.05) is 12.1 Å². The van der Waals surface area contributed by atoms with Crippen molar-refractivity contribution < 1.29 is 9.53 Å². The molecule has 0 saturated heterocycles. The number of carbonyl (C=O) groups excluding carboxylic acids is 1. The van der Waals surface area contributed by atoms with E-state index in [0.717, 1.165) is 11.3 Å². The molecule has 6 nitrogen and oxygen atoms in total. The second kappa shape index (κ2) is 9.91. The van der Waals surface area contributed by atoms with Gasteiger partial charge in [-0.15, -0.1) is 0 Å². The van der Waals surface area contributed by atoms with Crippen molar-refractivity contribution in [3.63, 3.8) is 0 Å². The highest BCUT2D eigenvalue weighted by atomic mass is 32.1. The third kappa shape index (κ3) is 7.75. The molecule has 120 valence electrons. The van der Waals surface area contributed by atoms with Crippen LogP contribution in [0.3, 0.4) is 0 Å². The maximum absolute atomic E-state index is 10.9. The molecule has 0 atom stereocenters. The van der Waals surface area contributed by atoms with E-state index in [9.17, 15) is 4.79 Å². The van der Waals surface area contributed by atoms with Crippen molar-refractivity contribution in [3.8, 4) is 0 Å². The van der Waals surface area contributed by atoms with Crippen molar-refractivity contribution in [1.82, 2.24) is 16.2 Å². The number of benzene rings is 1. The number of anilines is 1. The van der Waals surface area contributed by atoms with E-state index in [1.807, 2.05) is 31.2 Å². The Morgan fingerprint density at radius 1 is 1.23 bits per heavy atom. The van der Waals surface area contributed by atoms with Crippen LogP contribution in [-0.4, -0.2) is 29.8 Å². The Morgan fingerprint density at radius 2 is 1.95 bits per heavy atom. The minimum absolute atomic E-state index is 0.234. The van der Waals surface area contributed by atoms with Gasteiger partial charge in [0.05, 0.1) is 7.11 Å². The largest absolute Gasteiger partial charge is 0.469 e. The molecule has 8 heteroatoms. The molecular weight excluding hydrogens is 320 g/mol. The van der Waals surface area contributed by atoms with Crippen molar-refractivity contribution >= 4 is 46.3 Å². The molecule has 1 aromatic carbocycles. The summed E-state index contributed by atoms with van der Waals surface area (Å²) in [4.78, 5) is 10.9. The lowest BCUT2D eigenvalue weighted by Gasteiger charge is -2.14. The molecule has 22 heavy (non-hydrogen) atoms. The Kier molecular flexibility index (Phi) is 8.16.